The molecule has 6 nitrogen and oxygen atoms in total. The van der Waals surface area contributed by atoms with Crippen molar-refractivity contribution in [2.45, 2.75) is 12.8 Å². The Morgan fingerprint density at radius 1 is 1.43 bits per heavy atom. The second kappa shape index (κ2) is 6.89. The Labute approximate surface area is 125 Å². The Morgan fingerprint density at radius 3 is 2.76 bits per heavy atom. The molecule has 1 aliphatic heterocycles. The molecule has 7 heteroatoms. The van der Waals surface area contributed by atoms with E-state index in [0.717, 1.165) is 12.0 Å². The number of rotatable bonds is 5. The van der Waals surface area contributed by atoms with Crippen LogP contribution in [0.5, 0.6) is 0 Å². The molecule has 1 unspecified atom stereocenters. The molecule has 0 spiro atoms. The van der Waals surface area contributed by atoms with Gasteiger partial charge in [0.05, 0.1) is 11.5 Å². The predicted molar refractivity (Wildman–Crippen MR) is 80.7 cm³/mol. The molecule has 2 amide bonds. The lowest BCUT2D eigenvalue weighted by atomic mass is 10.1. The maximum absolute atomic E-state index is 11.9. The molecule has 1 saturated heterocycles. The lowest BCUT2D eigenvalue weighted by Crippen LogP contribution is -2.40. The molecule has 0 radical (unpaired) electrons. The van der Waals surface area contributed by atoms with Crippen molar-refractivity contribution in [1.29, 1.82) is 0 Å². The molecule has 21 heavy (non-hydrogen) atoms. The standard InChI is InChI=1S/C14H21N3O3S/c1-17(8-4-12-2-6-15-7-3-12)14(18)16-10-13-5-9-21(19,20)11-13/h2-3,6-7,13H,4-5,8-11H2,1H3,(H,16,18). The van der Waals surface area contributed by atoms with E-state index in [1.54, 1.807) is 24.3 Å². The first-order valence-corrected chi connectivity index (χ1v) is 8.87. The first-order valence-electron chi connectivity index (χ1n) is 7.04. The summed E-state index contributed by atoms with van der Waals surface area (Å²) in [7, 11) is -1.14. The summed E-state index contributed by atoms with van der Waals surface area (Å²) < 4.78 is 22.7. The van der Waals surface area contributed by atoms with Crippen molar-refractivity contribution >= 4 is 15.9 Å². The molecule has 2 heterocycles. The predicted octanol–water partition coefficient (Wildman–Crippen LogP) is 0.700. The Bertz CT molecular complexity index is 574. The van der Waals surface area contributed by atoms with Gasteiger partial charge in [0.2, 0.25) is 0 Å². The molecule has 0 bridgehead atoms. The van der Waals surface area contributed by atoms with Crippen LogP contribution < -0.4 is 5.32 Å². The van der Waals surface area contributed by atoms with E-state index in [1.807, 2.05) is 12.1 Å². The van der Waals surface area contributed by atoms with Gasteiger partial charge in [0.1, 0.15) is 0 Å². The Balaban J connectivity index is 1.70. The van der Waals surface area contributed by atoms with Gasteiger partial charge < -0.3 is 10.2 Å². The number of nitrogens with one attached hydrogen (secondary N) is 1. The third-order valence-corrected chi connectivity index (χ3v) is 5.54. The highest BCUT2D eigenvalue weighted by molar-refractivity contribution is 7.91. The van der Waals surface area contributed by atoms with Crippen LogP contribution in [-0.2, 0) is 16.3 Å². The molecule has 0 aliphatic carbocycles. The fourth-order valence-electron chi connectivity index (χ4n) is 2.35. The summed E-state index contributed by atoms with van der Waals surface area (Å²) >= 11 is 0. The lowest BCUT2D eigenvalue weighted by molar-refractivity contribution is 0.208. The number of carbonyl (C=O) groups is 1. The Kier molecular flexibility index (Phi) is 5.17. The number of sulfone groups is 1. The van der Waals surface area contributed by atoms with Gasteiger partial charge in [0.25, 0.3) is 0 Å². The van der Waals surface area contributed by atoms with Crippen LogP contribution in [0.2, 0.25) is 0 Å². The molecule has 1 atom stereocenters. The monoisotopic (exact) mass is 311 g/mol. The minimum Gasteiger partial charge on any atom is -0.338 e. The third kappa shape index (κ3) is 5.00. The number of carbonyl (C=O) groups excluding carboxylic acids is 1. The van der Waals surface area contributed by atoms with Gasteiger partial charge >= 0.3 is 6.03 Å². The van der Waals surface area contributed by atoms with E-state index in [4.69, 9.17) is 0 Å². The summed E-state index contributed by atoms with van der Waals surface area (Å²) in [5.41, 5.74) is 1.13. The molecule has 1 aromatic heterocycles. The minimum atomic E-state index is -2.88. The number of pyridine rings is 1. The van der Waals surface area contributed by atoms with Crippen LogP contribution >= 0.6 is 0 Å². The second-order valence-electron chi connectivity index (χ2n) is 5.48. The first kappa shape index (κ1) is 15.8. The van der Waals surface area contributed by atoms with Gasteiger partial charge in [-0.25, -0.2) is 13.2 Å². The van der Waals surface area contributed by atoms with E-state index in [2.05, 4.69) is 10.3 Å². The van der Waals surface area contributed by atoms with Gasteiger partial charge in [-0.15, -0.1) is 0 Å². The summed E-state index contributed by atoms with van der Waals surface area (Å²) in [5.74, 6) is 0.479. The van der Waals surface area contributed by atoms with Gasteiger partial charge in [-0.05, 0) is 36.5 Å². The SMILES string of the molecule is CN(CCc1ccncc1)C(=O)NCC1CCS(=O)(=O)C1. The largest absolute Gasteiger partial charge is 0.338 e. The zero-order valence-electron chi connectivity index (χ0n) is 12.2. The molecule has 1 aliphatic rings. The minimum absolute atomic E-state index is 0.0487. The van der Waals surface area contributed by atoms with E-state index < -0.39 is 9.84 Å². The lowest BCUT2D eigenvalue weighted by Gasteiger charge is -2.19. The summed E-state index contributed by atoms with van der Waals surface area (Å²) in [6, 6.07) is 3.69. The van der Waals surface area contributed by atoms with E-state index >= 15 is 0 Å². The zero-order valence-corrected chi connectivity index (χ0v) is 13.0. The normalized spacial score (nSPS) is 20.1. The number of aromatic nitrogens is 1. The van der Waals surface area contributed by atoms with Crippen LogP contribution in [0.25, 0.3) is 0 Å². The summed E-state index contributed by atoms with van der Waals surface area (Å²) in [4.78, 5) is 17.5. The van der Waals surface area contributed by atoms with Crippen LogP contribution in [0.15, 0.2) is 24.5 Å². The highest BCUT2D eigenvalue weighted by Gasteiger charge is 2.28. The topological polar surface area (TPSA) is 79.4 Å². The number of likely N-dealkylation sites (N-methyl/N-ethyl adjacent to an activating group) is 1. The van der Waals surface area contributed by atoms with E-state index in [1.165, 1.54) is 0 Å². The van der Waals surface area contributed by atoms with Crippen LogP contribution in [-0.4, -0.2) is 56.0 Å². The highest BCUT2D eigenvalue weighted by atomic mass is 32.2. The van der Waals surface area contributed by atoms with Crippen molar-refractivity contribution in [1.82, 2.24) is 15.2 Å². The summed E-state index contributed by atoms with van der Waals surface area (Å²) in [6.45, 7) is 1.04. The van der Waals surface area contributed by atoms with E-state index in [-0.39, 0.29) is 23.5 Å². The van der Waals surface area contributed by atoms with Crippen molar-refractivity contribution in [3.05, 3.63) is 30.1 Å². The maximum atomic E-state index is 11.9. The van der Waals surface area contributed by atoms with Crippen molar-refractivity contribution in [2.75, 3.05) is 31.6 Å². The molecular formula is C14H21N3O3S. The number of hydrogen-bond acceptors (Lipinski definition) is 4. The Morgan fingerprint density at radius 2 is 2.14 bits per heavy atom. The van der Waals surface area contributed by atoms with Crippen LogP contribution in [0.1, 0.15) is 12.0 Å². The van der Waals surface area contributed by atoms with Gasteiger partial charge in [-0.2, -0.15) is 0 Å². The molecule has 0 saturated carbocycles. The second-order valence-corrected chi connectivity index (χ2v) is 7.71. The number of urea groups is 1. The van der Waals surface area contributed by atoms with Crippen molar-refractivity contribution in [2.24, 2.45) is 5.92 Å². The number of nitrogens with zero attached hydrogens (tertiary/aromatic N) is 2. The number of amides is 2. The van der Waals surface area contributed by atoms with E-state index in [0.29, 0.717) is 19.5 Å². The molecule has 2 rings (SSSR count). The zero-order chi connectivity index (χ0) is 15.3. The summed E-state index contributed by atoms with van der Waals surface area (Å²) in [5, 5.41) is 2.81. The third-order valence-electron chi connectivity index (χ3n) is 3.70. The van der Waals surface area contributed by atoms with Crippen LogP contribution in [0, 0.1) is 5.92 Å². The average molecular weight is 311 g/mol. The maximum Gasteiger partial charge on any atom is 0.317 e. The Hall–Kier alpha value is -1.63. The fourth-order valence-corrected chi connectivity index (χ4v) is 4.21. The smallest absolute Gasteiger partial charge is 0.317 e. The van der Waals surface area contributed by atoms with Gasteiger partial charge in [-0.1, -0.05) is 0 Å². The van der Waals surface area contributed by atoms with Crippen LogP contribution in [0.4, 0.5) is 4.79 Å². The van der Waals surface area contributed by atoms with Crippen molar-refractivity contribution in [3.8, 4) is 0 Å². The molecule has 116 valence electrons. The van der Waals surface area contributed by atoms with Crippen LogP contribution in [0.3, 0.4) is 0 Å². The van der Waals surface area contributed by atoms with Crippen molar-refractivity contribution < 1.29 is 13.2 Å². The molecule has 1 fully saturated rings. The quantitative estimate of drug-likeness (QED) is 0.868. The van der Waals surface area contributed by atoms with E-state index in [9.17, 15) is 13.2 Å². The highest BCUT2D eigenvalue weighted by Crippen LogP contribution is 2.17. The molecule has 1 N–H and O–H groups in total. The summed E-state index contributed by atoms with van der Waals surface area (Å²) in [6.07, 6.45) is 4.87. The van der Waals surface area contributed by atoms with Gasteiger partial charge in [0.15, 0.2) is 9.84 Å². The fraction of sp³-hybridized carbons (Fsp3) is 0.571. The van der Waals surface area contributed by atoms with Gasteiger partial charge in [0, 0.05) is 32.5 Å². The first-order chi connectivity index (χ1) is 9.96. The van der Waals surface area contributed by atoms with Gasteiger partial charge in [-0.3, -0.25) is 4.98 Å². The molecule has 1 aromatic rings. The molecule has 0 aromatic carbocycles. The average Bonchev–Trinajstić information content (AvgIpc) is 2.82. The van der Waals surface area contributed by atoms with Crippen molar-refractivity contribution in [3.63, 3.8) is 0 Å². The molecular weight excluding hydrogens is 290 g/mol. The number of hydrogen-bond donors (Lipinski definition) is 1.